The molecule has 180 valence electrons. The van der Waals surface area contributed by atoms with Gasteiger partial charge in [-0.05, 0) is 48.4 Å². The van der Waals surface area contributed by atoms with Gasteiger partial charge in [-0.15, -0.1) is 0 Å². The number of unbranched alkanes of at least 4 members (excludes halogenated alkanes) is 1. The van der Waals surface area contributed by atoms with Gasteiger partial charge in [-0.3, -0.25) is 4.79 Å². The van der Waals surface area contributed by atoms with Crippen LogP contribution >= 0.6 is 11.6 Å². The first kappa shape index (κ1) is 24.4. The number of anilines is 1. The van der Waals surface area contributed by atoms with Crippen LogP contribution in [0.15, 0.2) is 52.9 Å². The van der Waals surface area contributed by atoms with Crippen LogP contribution in [0.4, 0.5) is 5.88 Å². The van der Waals surface area contributed by atoms with Crippen molar-refractivity contribution >= 4 is 35.5 Å². The predicted octanol–water partition coefficient (Wildman–Crippen LogP) is 5.51. The van der Waals surface area contributed by atoms with Crippen LogP contribution in [0.25, 0.3) is 12.2 Å². The summed E-state index contributed by atoms with van der Waals surface area (Å²) in [6.07, 6.45) is 5.58. The van der Waals surface area contributed by atoms with Crippen LogP contribution in [0.1, 0.15) is 47.3 Å². The first-order valence-electron chi connectivity index (χ1n) is 11.7. The normalized spacial score (nSPS) is 13.7. The van der Waals surface area contributed by atoms with Crippen LogP contribution in [0.2, 0.25) is 5.02 Å². The summed E-state index contributed by atoms with van der Waals surface area (Å²) in [5.74, 6) is 1.50. The molecular weight excluding hydrogens is 464 g/mol. The van der Waals surface area contributed by atoms with Gasteiger partial charge in [0.2, 0.25) is 17.5 Å². The maximum absolute atomic E-state index is 12.9. The van der Waals surface area contributed by atoms with Crippen molar-refractivity contribution in [2.45, 2.75) is 19.8 Å². The SMILES string of the molecule is CCCCOc1ccc(C(=O)N2CCN(c3oc(/C=C/c4ccccc4Cl)nc3C#N)CC2)cc1. The molecule has 0 aliphatic carbocycles. The summed E-state index contributed by atoms with van der Waals surface area (Å²) in [5, 5.41) is 10.2. The van der Waals surface area contributed by atoms with Crippen LogP contribution < -0.4 is 9.64 Å². The van der Waals surface area contributed by atoms with E-state index >= 15 is 0 Å². The third kappa shape index (κ3) is 6.03. The molecule has 1 saturated heterocycles. The van der Waals surface area contributed by atoms with E-state index in [1.807, 2.05) is 40.1 Å². The van der Waals surface area contributed by atoms with E-state index < -0.39 is 0 Å². The van der Waals surface area contributed by atoms with Gasteiger partial charge < -0.3 is 19.0 Å². The average Bonchev–Trinajstić information content (AvgIpc) is 3.32. The minimum Gasteiger partial charge on any atom is -0.494 e. The quantitative estimate of drug-likeness (QED) is 0.387. The van der Waals surface area contributed by atoms with Crippen LogP contribution in [-0.2, 0) is 0 Å². The second-order valence-corrected chi connectivity index (χ2v) is 8.59. The molecule has 1 amide bonds. The van der Waals surface area contributed by atoms with E-state index in [1.165, 1.54) is 0 Å². The molecule has 35 heavy (non-hydrogen) atoms. The number of rotatable bonds is 8. The lowest BCUT2D eigenvalue weighted by Crippen LogP contribution is -2.48. The highest BCUT2D eigenvalue weighted by atomic mass is 35.5. The molecule has 8 heteroatoms. The molecular formula is C27H27ClN4O3. The number of ether oxygens (including phenoxy) is 1. The molecule has 1 aromatic heterocycles. The maximum Gasteiger partial charge on any atom is 0.253 e. The summed E-state index contributed by atoms with van der Waals surface area (Å²) in [6, 6.07) is 16.8. The Balaban J connectivity index is 1.37. The Morgan fingerprint density at radius 1 is 1.14 bits per heavy atom. The van der Waals surface area contributed by atoms with Crippen molar-refractivity contribution in [2.75, 3.05) is 37.7 Å². The van der Waals surface area contributed by atoms with E-state index in [4.69, 9.17) is 20.8 Å². The Labute approximate surface area is 210 Å². The molecule has 2 aromatic carbocycles. The fourth-order valence-corrected chi connectivity index (χ4v) is 3.98. The molecule has 0 spiro atoms. The Bertz CT molecular complexity index is 1220. The van der Waals surface area contributed by atoms with Crippen molar-refractivity contribution in [3.05, 3.63) is 76.3 Å². The highest BCUT2D eigenvalue weighted by molar-refractivity contribution is 6.32. The van der Waals surface area contributed by atoms with E-state index in [-0.39, 0.29) is 11.6 Å². The summed E-state index contributed by atoms with van der Waals surface area (Å²) < 4.78 is 11.6. The molecule has 0 bridgehead atoms. The largest absolute Gasteiger partial charge is 0.494 e. The van der Waals surface area contributed by atoms with Crippen molar-refractivity contribution in [3.63, 3.8) is 0 Å². The number of piperazine rings is 1. The zero-order valence-electron chi connectivity index (χ0n) is 19.6. The first-order valence-corrected chi connectivity index (χ1v) is 12.1. The molecule has 1 aliphatic rings. The Kier molecular flexibility index (Phi) is 8.07. The molecule has 2 heterocycles. The van der Waals surface area contributed by atoms with E-state index in [0.717, 1.165) is 24.2 Å². The van der Waals surface area contributed by atoms with E-state index in [9.17, 15) is 10.1 Å². The summed E-state index contributed by atoms with van der Waals surface area (Å²) in [5.41, 5.74) is 1.69. The highest BCUT2D eigenvalue weighted by Gasteiger charge is 2.26. The minimum atomic E-state index is -0.0220. The van der Waals surface area contributed by atoms with Gasteiger partial charge >= 0.3 is 0 Å². The number of carbonyl (C=O) groups is 1. The van der Waals surface area contributed by atoms with Crippen LogP contribution in [-0.4, -0.2) is 48.6 Å². The molecule has 0 saturated carbocycles. The van der Waals surface area contributed by atoms with Gasteiger partial charge in [0.25, 0.3) is 5.91 Å². The number of amides is 1. The number of aromatic nitrogens is 1. The fourth-order valence-electron chi connectivity index (χ4n) is 3.78. The molecule has 4 rings (SSSR count). The van der Waals surface area contributed by atoms with Crippen molar-refractivity contribution < 1.29 is 13.9 Å². The Hall–Kier alpha value is -3.76. The molecule has 0 unspecified atom stereocenters. The second kappa shape index (κ2) is 11.6. The number of halogens is 1. The monoisotopic (exact) mass is 490 g/mol. The number of hydrogen-bond acceptors (Lipinski definition) is 6. The average molecular weight is 491 g/mol. The minimum absolute atomic E-state index is 0.0220. The molecule has 0 radical (unpaired) electrons. The maximum atomic E-state index is 12.9. The first-order chi connectivity index (χ1) is 17.1. The lowest BCUT2D eigenvalue weighted by molar-refractivity contribution is 0.0745. The Morgan fingerprint density at radius 3 is 2.57 bits per heavy atom. The van der Waals surface area contributed by atoms with E-state index in [0.29, 0.717) is 55.1 Å². The number of oxazole rings is 1. The van der Waals surface area contributed by atoms with E-state index in [2.05, 4.69) is 18.0 Å². The second-order valence-electron chi connectivity index (χ2n) is 8.18. The zero-order valence-corrected chi connectivity index (χ0v) is 20.4. The standard InChI is InChI=1S/C27H27ClN4O3/c1-2-3-18-34-22-11-8-21(9-12-22)26(33)31-14-16-32(17-15-31)27-24(19-29)30-25(35-27)13-10-20-6-4-5-7-23(20)28/h4-13H,2-3,14-18H2,1H3/b13-10+. The van der Waals surface area contributed by atoms with Crippen molar-refractivity contribution in [1.29, 1.82) is 5.26 Å². The number of nitriles is 1. The number of hydrogen-bond donors (Lipinski definition) is 0. The lowest BCUT2D eigenvalue weighted by atomic mass is 10.1. The highest BCUT2D eigenvalue weighted by Crippen LogP contribution is 2.25. The summed E-state index contributed by atoms with van der Waals surface area (Å²) in [6.45, 7) is 4.92. The molecule has 3 aromatic rings. The zero-order chi connectivity index (χ0) is 24.6. The number of nitrogens with zero attached hydrogens (tertiary/aromatic N) is 4. The van der Waals surface area contributed by atoms with Crippen molar-refractivity contribution in [1.82, 2.24) is 9.88 Å². The summed E-state index contributed by atoms with van der Waals surface area (Å²) >= 11 is 6.19. The topological polar surface area (TPSA) is 82.6 Å². The lowest BCUT2D eigenvalue weighted by Gasteiger charge is -2.34. The molecule has 7 nitrogen and oxygen atoms in total. The van der Waals surface area contributed by atoms with Gasteiger partial charge in [-0.1, -0.05) is 43.1 Å². The van der Waals surface area contributed by atoms with Crippen LogP contribution in [0.3, 0.4) is 0 Å². The van der Waals surface area contributed by atoms with Gasteiger partial charge in [-0.2, -0.15) is 10.2 Å². The molecule has 0 N–H and O–H groups in total. The predicted molar refractivity (Wildman–Crippen MR) is 137 cm³/mol. The third-order valence-electron chi connectivity index (χ3n) is 5.76. The van der Waals surface area contributed by atoms with Crippen molar-refractivity contribution in [3.8, 4) is 11.8 Å². The fraction of sp³-hybridized carbons (Fsp3) is 0.296. The smallest absolute Gasteiger partial charge is 0.253 e. The van der Waals surface area contributed by atoms with Gasteiger partial charge in [0.15, 0.2) is 0 Å². The van der Waals surface area contributed by atoms with Crippen LogP contribution in [0.5, 0.6) is 5.75 Å². The Morgan fingerprint density at radius 2 is 1.89 bits per heavy atom. The third-order valence-corrected chi connectivity index (χ3v) is 6.11. The summed E-state index contributed by atoms with van der Waals surface area (Å²) in [4.78, 5) is 21.0. The number of carbonyl (C=O) groups excluding carboxylic acids is 1. The molecule has 0 atom stereocenters. The van der Waals surface area contributed by atoms with Gasteiger partial charge in [-0.25, -0.2) is 0 Å². The van der Waals surface area contributed by atoms with Gasteiger partial charge in [0.1, 0.15) is 11.8 Å². The van der Waals surface area contributed by atoms with Crippen LogP contribution in [0, 0.1) is 11.3 Å². The molecule has 1 aliphatic heterocycles. The van der Waals surface area contributed by atoms with Crippen molar-refractivity contribution in [2.24, 2.45) is 0 Å². The number of benzene rings is 2. The van der Waals surface area contributed by atoms with E-state index in [1.54, 1.807) is 30.4 Å². The molecule has 1 fully saturated rings. The van der Waals surface area contributed by atoms with Gasteiger partial charge in [0.05, 0.1) is 6.61 Å². The van der Waals surface area contributed by atoms with Gasteiger partial charge in [0, 0.05) is 42.8 Å². The summed E-state index contributed by atoms with van der Waals surface area (Å²) in [7, 11) is 0.